The Bertz CT molecular complexity index is 844. The summed E-state index contributed by atoms with van der Waals surface area (Å²) in [6.07, 6.45) is 0. The summed E-state index contributed by atoms with van der Waals surface area (Å²) in [5.74, 6) is 0.305. The van der Waals surface area contributed by atoms with Gasteiger partial charge in [0.25, 0.3) is 0 Å². The van der Waals surface area contributed by atoms with Gasteiger partial charge in [0.1, 0.15) is 0 Å². The SMILES string of the molecule is CCOC(=O)c1cc(OC)c(OC)c(-c2cc(C(=O)OCC)cc(OC)c2OC)c1. The Balaban J connectivity index is 2.85. The van der Waals surface area contributed by atoms with Crippen LogP contribution in [0.15, 0.2) is 24.3 Å². The number of esters is 2. The van der Waals surface area contributed by atoms with Crippen LogP contribution >= 0.6 is 0 Å². The molecule has 0 aliphatic rings. The molecule has 0 saturated carbocycles. The van der Waals surface area contributed by atoms with Crippen LogP contribution in [0.4, 0.5) is 0 Å². The average molecular weight is 418 g/mol. The second-order valence-corrected chi connectivity index (χ2v) is 5.96. The van der Waals surface area contributed by atoms with Crippen LogP contribution in [-0.2, 0) is 9.47 Å². The molecular weight excluding hydrogens is 392 g/mol. The number of hydrogen-bond acceptors (Lipinski definition) is 8. The van der Waals surface area contributed by atoms with Gasteiger partial charge in [0.15, 0.2) is 23.0 Å². The molecule has 0 saturated heterocycles. The quantitative estimate of drug-likeness (QED) is 0.569. The second kappa shape index (κ2) is 10.4. The van der Waals surface area contributed by atoms with Gasteiger partial charge in [-0.1, -0.05) is 0 Å². The molecule has 0 radical (unpaired) electrons. The molecule has 0 N–H and O–H groups in total. The minimum Gasteiger partial charge on any atom is -0.493 e. The monoisotopic (exact) mass is 418 g/mol. The molecule has 0 aliphatic carbocycles. The Morgan fingerprint density at radius 3 is 1.27 bits per heavy atom. The van der Waals surface area contributed by atoms with E-state index in [9.17, 15) is 9.59 Å². The maximum atomic E-state index is 12.4. The molecular formula is C22H26O8. The van der Waals surface area contributed by atoms with Crippen molar-refractivity contribution in [2.24, 2.45) is 0 Å². The van der Waals surface area contributed by atoms with Crippen molar-refractivity contribution in [1.82, 2.24) is 0 Å². The number of carbonyl (C=O) groups excluding carboxylic acids is 2. The third-order valence-electron chi connectivity index (χ3n) is 4.27. The Hall–Kier alpha value is -3.42. The molecule has 0 aliphatic heterocycles. The smallest absolute Gasteiger partial charge is 0.338 e. The second-order valence-electron chi connectivity index (χ2n) is 5.96. The van der Waals surface area contributed by atoms with Crippen LogP contribution in [0, 0.1) is 0 Å². The summed E-state index contributed by atoms with van der Waals surface area (Å²) >= 11 is 0. The summed E-state index contributed by atoms with van der Waals surface area (Å²) in [4.78, 5) is 24.8. The minimum absolute atomic E-state index is 0.220. The first-order chi connectivity index (χ1) is 14.4. The fraction of sp³-hybridized carbons (Fsp3) is 0.364. The fourth-order valence-electron chi connectivity index (χ4n) is 2.99. The van der Waals surface area contributed by atoms with Gasteiger partial charge >= 0.3 is 11.9 Å². The van der Waals surface area contributed by atoms with Crippen molar-refractivity contribution in [3.8, 4) is 34.1 Å². The van der Waals surface area contributed by atoms with Crippen LogP contribution in [0.5, 0.6) is 23.0 Å². The summed E-state index contributed by atoms with van der Waals surface area (Å²) in [5.41, 5.74) is 1.43. The standard InChI is InChI=1S/C22H26O8/c1-7-29-21(23)13-9-15(19(27-5)17(11-13)25-3)16-10-14(22(24)30-8-2)12-18(26-4)20(16)28-6/h9-12H,7-8H2,1-6H3. The van der Waals surface area contributed by atoms with E-state index >= 15 is 0 Å². The molecule has 0 heterocycles. The number of ether oxygens (including phenoxy) is 6. The maximum absolute atomic E-state index is 12.4. The molecule has 8 nitrogen and oxygen atoms in total. The molecule has 0 aromatic heterocycles. The van der Waals surface area contributed by atoms with Crippen molar-refractivity contribution >= 4 is 11.9 Å². The molecule has 30 heavy (non-hydrogen) atoms. The highest BCUT2D eigenvalue weighted by Gasteiger charge is 2.24. The van der Waals surface area contributed by atoms with E-state index in [0.29, 0.717) is 34.1 Å². The molecule has 0 unspecified atom stereocenters. The Morgan fingerprint density at radius 2 is 1.00 bits per heavy atom. The first kappa shape index (κ1) is 22.9. The molecule has 2 aromatic rings. The Labute approximate surface area is 175 Å². The first-order valence-electron chi connectivity index (χ1n) is 9.32. The topological polar surface area (TPSA) is 89.5 Å². The fourth-order valence-corrected chi connectivity index (χ4v) is 2.99. The summed E-state index contributed by atoms with van der Waals surface area (Å²) in [7, 11) is 5.88. The molecule has 2 rings (SSSR count). The van der Waals surface area contributed by atoms with Crippen LogP contribution in [0.3, 0.4) is 0 Å². The molecule has 0 atom stereocenters. The van der Waals surface area contributed by atoms with E-state index < -0.39 is 11.9 Å². The number of rotatable bonds is 9. The van der Waals surface area contributed by atoms with Gasteiger partial charge in [-0.2, -0.15) is 0 Å². The van der Waals surface area contributed by atoms with Crippen LogP contribution < -0.4 is 18.9 Å². The van der Waals surface area contributed by atoms with Crippen molar-refractivity contribution in [1.29, 1.82) is 0 Å². The molecule has 162 valence electrons. The Morgan fingerprint density at radius 1 is 0.633 bits per heavy atom. The van der Waals surface area contributed by atoms with Crippen LogP contribution in [0.2, 0.25) is 0 Å². The molecule has 2 aromatic carbocycles. The number of benzene rings is 2. The third-order valence-corrected chi connectivity index (χ3v) is 4.27. The lowest BCUT2D eigenvalue weighted by Gasteiger charge is -2.19. The molecule has 0 amide bonds. The lowest BCUT2D eigenvalue weighted by Crippen LogP contribution is -2.08. The van der Waals surface area contributed by atoms with Gasteiger partial charge in [0, 0.05) is 11.1 Å². The lowest BCUT2D eigenvalue weighted by molar-refractivity contribution is 0.0516. The first-order valence-corrected chi connectivity index (χ1v) is 9.32. The zero-order valence-corrected chi connectivity index (χ0v) is 18.0. The van der Waals surface area contributed by atoms with E-state index in [4.69, 9.17) is 28.4 Å². The van der Waals surface area contributed by atoms with E-state index in [-0.39, 0.29) is 24.3 Å². The van der Waals surface area contributed by atoms with Crippen molar-refractivity contribution < 1.29 is 38.0 Å². The van der Waals surface area contributed by atoms with Crippen molar-refractivity contribution in [2.75, 3.05) is 41.7 Å². The molecule has 0 spiro atoms. The van der Waals surface area contributed by atoms with Crippen molar-refractivity contribution in [3.63, 3.8) is 0 Å². The van der Waals surface area contributed by atoms with E-state index in [1.54, 1.807) is 26.0 Å². The Kier molecular flexibility index (Phi) is 7.91. The predicted octanol–water partition coefficient (Wildman–Crippen LogP) is 3.74. The molecule has 0 fully saturated rings. The summed E-state index contributed by atoms with van der Waals surface area (Å²) in [6, 6.07) is 6.23. The maximum Gasteiger partial charge on any atom is 0.338 e. The zero-order chi connectivity index (χ0) is 22.3. The largest absolute Gasteiger partial charge is 0.493 e. The number of carbonyl (C=O) groups is 2. The summed E-state index contributed by atoms with van der Waals surface area (Å²) < 4.78 is 32.2. The van der Waals surface area contributed by atoms with Gasteiger partial charge in [-0.05, 0) is 38.1 Å². The molecule has 0 bridgehead atoms. The van der Waals surface area contributed by atoms with Gasteiger partial charge in [-0.15, -0.1) is 0 Å². The van der Waals surface area contributed by atoms with Gasteiger partial charge < -0.3 is 28.4 Å². The van der Waals surface area contributed by atoms with Crippen LogP contribution in [0.25, 0.3) is 11.1 Å². The lowest BCUT2D eigenvalue weighted by atomic mass is 9.97. The highest BCUT2D eigenvalue weighted by atomic mass is 16.5. The normalized spacial score (nSPS) is 10.2. The minimum atomic E-state index is -0.521. The van der Waals surface area contributed by atoms with E-state index in [1.807, 2.05) is 0 Å². The van der Waals surface area contributed by atoms with E-state index in [2.05, 4.69) is 0 Å². The van der Waals surface area contributed by atoms with Gasteiger partial charge in [0.2, 0.25) is 0 Å². The summed E-state index contributed by atoms with van der Waals surface area (Å²) in [6.45, 7) is 3.88. The van der Waals surface area contributed by atoms with E-state index in [0.717, 1.165) is 0 Å². The van der Waals surface area contributed by atoms with Gasteiger partial charge in [0.05, 0.1) is 52.8 Å². The van der Waals surface area contributed by atoms with Gasteiger partial charge in [-0.3, -0.25) is 0 Å². The van der Waals surface area contributed by atoms with Crippen molar-refractivity contribution in [2.45, 2.75) is 13.8 Å². The highest BCUT2D eigenvalue weighted by molar-refractivity contribution is 5.97. The van der Waals surface area contributed by atoms with E-state index in [1.165, 1.54) is 40.6 Å². The number of methoxy groups -OCH3 is 4. The highest BCUT2D eigenvalue weighted by Crippen LogP contribution is 2.46. The van der Waals surface area contributed by atoms with Gasteiger partial charge in [-0.25, -0.2) is 9.59 Å². The van der Waals surface area contributed by atoms with Crippen LogP contribution in [0.1, 0.15) is 34.6 Å². The average Bonchev–Trinajstić information content (AvgIpc) is 2.77. The molecule has 8 heteroatoms. The zero-order valence-electron chi connectivity index (χ0n) is 18.0. The van der Waals surface area contributed by atoms with Crippen molar-refractivity contribution in [3.05, 3.63) is 35.4 Å². The third kappa shape index (κ3) is 4.59. The predicted molar refractivity (Wildman–Crippen MR) is 110 cm³/mol. The number of hydrogen-bond donors (Lipinski definition) is 0. The summed E-state index contributed by atoms with van der Waals surface area (Å²) in [5, 5.41) is 0. The van der Waals surface area contributed by atoms with Crippen LogP contribution in [-0.4, -0.2) is 53.6 Å².